The number of carbonyl (C=O) groups excluding carboxylic acids is 1. The van der Waals surface area contributed by atoms with E-state index in [1.54, 1.807) is 0 Å². The molecular formula is C16H17IN2O. The molecule has 4 heteroatoms. The number of aryl methyl sites for hydroxylation is 1. The number of rotatable bonds is 1. The zero-order chi connectivity index (χ0) is 14.3. The van der Waals surface area contributed by atoms with E-state index in [0.29, 0.717) is 0 Å². The third kappa shape index (κ3) is 2.16. The fourth-order valence-electron chi connectivity index (χ4n) is 2.89. The first-order chi connectivity index (χ1) is 9.59. The van der Waals surface area contributed by atoms with Gasteiger partial charge in [-0.25, -0.2) is 0 Å². The van der Waals surface area contributed by atoms with Crippen LogP contribution in [-0.4, -0.2) is 21.9 Å². The quantitative estimate of drug-likeness (QED) is 0.694. The van der Waals surface area contributed by atoms with Crippen molar-refractivity contribution in [2.24, 2.45) is 0 Å². The molecule has 20 heavy (non-hydrogen) atoms. The zero-order valence-electron chi connectivity index (χ0n) is 11.6. The van der Waals surface area contributed by atoms with Crippen LogP contribution >= 0.6 is 22.6 Å². The van der Waals surface area contributed by atoms with E-state index in [1.165, 1.54) is 11.4 Å². The van der Waals surface area contributed by atoms with Gasteiger partial charge < -0.3 is 9.47 Å². The molecule has 0 fully saturated rings. The summed E-state index contributed by atoms with van der Waals surface area (Å²) in [6, 6.07) is 12.2. The van der Waals surface area contributed by atoms with E-state index in [2.05, 4.69) is 53.1 Å². The summed E-state index contributed by atoms with van der Waals surface area (Å²) in [4.78, 5) is 14.7. The van der Waals surface area contributed by atoms with Crippen LogP contribution in [0.5, 0.6) is 0 Å². The monoisotopic (exact) mass is 380 g/mol. The van der Waals surface area contributed by atoms with Crippen LogP contribution in [0.2, 0.25) is 0 Å². The number of fused-ring (bicyclic) bond motifs is 1. The third-order valence-corrected chi connectivity index (χ3v) is 5.00. The molecule has 1 aliphatic rings. The summed E-state index contributed by atoms with van der Waals surface area (Å²) in [5, 5.41) is 0. The lowest BCUT2D eigenvalue weighted by Gasteiger charge is -2.35. The molecule has 3 rings (SSSR count). The molecule has 0 radical (unpaired) electrons. The van der Waals surface area contributed by atoms with Gasteiger partial charge in [-0.05, 0) is 60.7 Å². The molecule has 0 bridgehead atoms. The SMILES string of the molecule is Cc1ccc2n1CCN(C(=O)c1ccccc1I)C2C. The molecule has 1 aliphatic heterocycles. The molecule has 2 heterocycles. The van der Waals surface area contributed by atoms with Crippen LogP contribution in [-0.2, 0) is 6.54 Å². The van der Waals surface area contributed by atoms with Gasteiger partial charge in [0, 0.05) is 28.0 Å². The van der Waals surface area contributed by atoms with Gasteiger partial charge in [0.25, 0.3) is 5.91 Å². The highest BCUT2D eigenvalue weighted by Gasteiger charge is 2.29. The normalized spacial score (nSPS) is 17.9. The number of hydrogen-bond donors (Lipinski definition) is 0. The molecule has 1 atom stereocenters. The van der Waals surface area contributed by atoms with Crippen molar-refractivity contribution in [2.75, 3.05) is 6.54 Å². The number of benzene rings is 1. The Balaban J connectivity index is 1.93. The Morgan fingerprint density at radius 1 is 1.20 bits per heavy atom. The highest BCUT2D eigenvalue weighted by atomic mass is 127. The Labute approximate surface area is 132 Å². The summed E-state index contributed by atoms with van der Waals surface area (Å²) in [6.45, 7) is 5.88. The van der Waals surface area contributed by atoms with Gasteiger partial charge in [0.05, 0.1) is 11.6 Å². The van der Waals surface area contributed by atoms with Gasteiger partial charge >= 0.3 is 0 Å². The lowest BCUT2D eigenvalue weighted by molar-refractivity contribution is 0.0642. The summed E-state index contributed by atoms with van der Waals surface area (Å²) >= 11 is 2.23. The topological polar surface area (TPSA) is 25.2 Å². The van der Waals surface area contributed by atoms with Crippen molar-refractivity contribution < 1.29 is 4.79 Å². The van der Waals surface area contributed by atoms with Crippen molar-refractivity contribution >= 4 is 28.5 Å². The van der Waals surface area contributed by atoms with Gasteiger partial charge in [-0.15, -0.1) is 0 Å². The summed E-state index contributed by atoms with van der Waals surface area (Å²) in [5.74, 6) is 0.132. The van der Waals surface area contributed by atoms with Crippen LogP contribution in [0.25, 0.3) is 0 Å². The lowest BCUT2D eigenvalue weighted by Crippen LogP contribution is -2.41. The summed E-state index contributed by atoms with van der Waals surface area (Å²) in [5.41, 5.74) is 3.30. The highest BCUT2D eigenvalue weighted by Crippen LogP contribution is 2.29. The first-order valence-corrected chi connectivity index (χ1v) is 7.89. The number of hydrogen-bond acceptors (Lipinski definition) is 1. The number of amides is 1. The van der Waals surface area contributed by atoms with E-state index < -0.39 is 0 Å². The number of halogens is 1. The maximum Gasteiger partial charge on any atom is 0.255 e. The fraction of sp³-hybridized carbons (Fsp3) is 0.312. The van der Waals surface area contributed by atoms with Crippen molar-refractivity contribution in [3.63, 3.8) is 0 Å². The zero-order valence-corrected chi connectivity index (χ0v) is 13.8. The van der Waals surface area contributed by atoms with Crippen molar-refractivity contribution in [2.45, 2.75) is 26.4 Å². The van der Waals surface area contributed by atoms with E-state index >= 15 is 0 Å². The molecule has 0 saturated carbocycles. The van der Waals surface area contributed by atoms with Gasteiger partial charge in [0.2, 0.25) is 0 Å². The molecule has 0 N–H and O–H groups in total. The fourth-order valence-corrected chi connectivity index (χ4v) is 3.51. The van der Waals surface area contributed by atoms with Gasteiger partial charge in [-0.1, -0.05) is 12.1 Å². The molecule has 3 nitrogen and oxygen atoms in total. The molecule has 1 amide bonds. The first-order valence-electron chi connectivity index (χ1n) is 6.81. The Hall–Kier alpha value is -1.30. The first kappa shape index (κ1) is 13.7. The molecule has 0 spiro atoms. The lowest BCUT2D eigenvalue weighted by atomic mass is 10.1. The third-order valence-electron chi connectivity index (χ3n) is 4.06. The van der Waals surface area contributed by atoms with Crippen LogP contribution in [0.1, 0.15) is 34.7 Å². The average molecular weight is 380 g/mol. The minimum atomic E-state index is 0.126. The summed E-state index contributed by atoms with van der Waals surface area (Å²) in [7, 11) is 0. The Kier molecular flexibility index (Phi) is 3.58. The van der Waals surface area contributed by atoms with Crippen LogP contribution < -0.4 is 0 Å². The maximum absolute atomic E-state index is 12.8. The molecule has 2 aromatic rings. The molecule has 0 saturated heterocycles. The van der Waals surface area contributed by atoms with Gasteiger partial charge in [-0.3, -0.25) is 4.79 Å². The second-order valence-corrected chi connectivity index (χ2v) is 6.37. The van der Waals surface area contributed by atoms with Crippen LogP contribution in [0, 0.1) is 10.5 Å². The van der Waals surface area contributed by atoms with Crippen molar-refractivity contribution in [1.29, 1.82) is 0 Å². The van der Waals surface area contributed by atoms with Crippen LogP contribution in [0.3, 0.4) is 0 Å². The van der Waals surface area contributed by atoms with E-state index in [1.807, 2.05) is 29.2 Å². The van der Waals surface area contributed by atoms with Gasteiger partial charge in [0.15, 0.2) is 0 Å². The van der Waals surface area contributed by atoms with Crippen molar-refractivity contribution in [3.05, 3.63) is 56.9 Å². The molecule has 104 valence electrons. The predicted molar refractivity (Wildman–Crippen MR) is 87.8 cm³/mol. The minimum absolute atomic E-state index is 0.126. The number of nitrogens with zero attached hydrogens (tertiary/aromatic N) is 2. The number of carbonyl (C=O) groups is 1. The Morgan fingerprint density at radius 2 is 1.95 bits per heavy atom. The Morgan fingerprint density at radius 3 is 2.70 bits per heavy atom. The molecule has 1 unspecified atom stereocenters. The van der Waals surface area contributed by atoms with Crippen LogP contribution in [0.4, 0.5) is 0 Å². The van der Waals surface area contributed by atoms with E-state index in [0.717, 1.165) is 22.2 Å². The molecule has 1 aromatic carbocycles. The van der Waals surface area contributed by atoms with Gasteiger partial charge in [0.1, 0.15) is 0 Å². The molecule has 0 aliphatic carbocycles. The highest BCUT2D eigenvalue weighted by molar-refractivity contribution is 14.1. The van der Waals surface area contributed by atoms with E-state index in [9.17, 15) is 4.79 Å². The summed E-state index contributed by atoms with van der Waals surface area (Å²) in [6.07, 6.45) is 0. The maximum atomic E-state index is 12.8. The average Bonchev–Trinajstić information content (AvgIpc) is 2.82. The molecule has 1 aromatic heterocycles. The Bertz CT molecular complexity index is 662. The van der Waals surface area contributed by atoms with Crippen molar-refractivity contribution in [1.82, 2.24) is 9.47 Å². The smallest absolute Gasteiger partial charge is 0.255 e. The second-order valence-electron chi connectivity index (χ2n) is 5.21. The van der Waals surface area contributed by atoms with E-state index in [4.69, 9.17) is 0 Å². The largest absolute Gasteiger partial charge is 0.345 e. The van der Waals surface area contributed by atoms with E-state index in [-0.39, 0.29) is 11.9 Å². The van der Waals surface area contributed by atoms with Gasteiger partial charge in [-0.2, -0.15) is 0 Å². The predicted octanol–water partition coefficient (Wildman–Crippen LogP) is 3.62. The molecular weight excluding hydrogens is 363 g/mol. The van der Waals surface area contributed by atoms with Crippen LogP contribution in [0.15, 0.2) is 36.4 Å². The minimum Gasteiger partial charge on any atom is -0.345 e. The number of aromatic nitrogens is 1. The standard InChI is InChI=1S/C16H17IN2O/c1-11-7-8-15-12(2)19(10-9-18(11)15)16(20)13-5-3-4-6-14(13)17/h3-8,12H,9-10H2,1-2H3. The summed E-state index contributed by atoms with van der Waals surface area (Å²) < 4.78 is 3.32. The van der Waals surface area contributed by atoms with Crippen molar-refractivity contribution in [3.8, 4) is 0 Å². The second kappa shape index (κ2) is 5.24.